The lowest BCUT2D eigenvalue weighted by atomic mass is 10.1. The highest BCUT2D eigenvalue weighted by molar-refractivity contribution is 7.92. The highest BCUT2D eigenvalue weighted by atomic mass is 35.5. The molecule has 0 aliphatic carbocycles. The maximum Gasteiger partial charge on any atom is 0.241 e. The number of halogens is 1. The second kappa shape index (κ2) is 8.51. The zero-order valence-electron chi connectivity index (χ0n) is 16.4. The van der Waals surface area contributed by atoms with Gasteiger partial charge in [-0.05, 0) is 49.2 Å². The molecule has 1 heterocycles. The van der Waals surface area contributed by atoms with Gasteiger partial charge in [0.25, 0.3) is 0 Å². The van der Waals surface area contributed by atoms with Gasteiger partial charge >= 0.3 is 0 Å². The molecule has 0 fully saturated rings. The maximum absolute atomic E-state index is 12.6. The average Bonchev–Trinajstić information content (AvgIpc) is 2.67. The number of fused-ring (bicyclic) bond motifs is 1. The zero-order valence-corrected chi connectivity index (χ0v) is 18.0. The number of carbonyl (C=O) groups is 1. The number of anilines is 1. The summed E-state index contributed by atoms with van der Waals surface area (Å²) in [5.74, 6) is 0.859. The van der Waals surface area contributed by atoms with Crippen LogP contribution in [0.3, 0.4) is 0 Å². The van der Waals surface area contributed by atoms with E-state index >= 15 is 0 Å². The van der Waals surface area contributed by atoms with Crippen LogP contribution in [-0.4, -0.2) is 40.3 Å². The summed E-state index contributed by atoms with van der Waals surface area (Å²) in [7, 11) is -3.69. The summed E-state index contributed by atoms with van der Waals surface area (Å²) in [6.45, 7) is 4.15. The third kappa shape index (κ3) is 4.94. The number of carbonyl (C=O) groups excluding carboxylic acids is 1. The smallest absolute Gasteiger partial charge is 0.241 e. The van der Waals surface area contributed by atoms with Gasteiger partial charge in [-0.15, -0.1) is 0 Å². The fourth-order valence-electron chi connectivity index (χ4n) is 3.08. The van der Waals surface area contributed by atoms with Crippen molar-refractivity contribution in [2.24, 2.45) is 0 Å². The van der Waals surface area contributed by atoms with Crippen LogP contribution in [0.1, 0.15) is 24.1 Å². The predicted molar refractivity (Wildman–Crippen MR) is 112 cm³/mol. The summed E-state index contributed by atoms with van der Waals surface area (Å²) in [6, 6.07) is 10.1. The van der Waals surface area contributed by atoms with Crippen molar-refractivity contribution in [3.8, 4) is 11.5 Å². The van der Waals surface area contributed by atoms with Gasteiger partial charge in [-0.3, -0.25) is 9.10 Å². The first kappa shape index (κ1) is 21.3. The Morgan fingerprint density at radius 1 is 1.21 bits per heavy atom. The molecule has 1 atom stereocenters. The molecule has 0 unspecified atom stereocenters. The normalized spacial score (nSPS) is 14.2. The lowest BCUT2D eigenvalue weighted by Gasteiger charge is -2.25. The number of rotatable bonds is 6. The highest BCUT2D eigenvalue weighted by Gasteiger charge is 2.24. The van der Waals surface area contributed by atoms with Crippen LogP contribution in [-0.2, 0) is 14.8 Å². The standard InChI is InChI=1S/C20H23ClN2O5S/c1-13-16(21)5-4-6-17(13)23(29(3,25)26)12-20(24)22-14(2)15-7-8-18-19(11-15)28-10-9-27-18/h4-8,11,14H,9-10,12H2,1-3H3,(H,22,24)/t14-/m0/s1. The molecular formula is C20H23ClN2O5S. The Morgan fingerprint density at radius 3 is 2.59 bits per heavy atom. The third-order valence-corrected chi connectivity index (χ3v) is 6.17. The summed E-state index contributed by atoms with van der Waals surface area (Å²) in [4.78, 5) is 12.6. The molecule has 1 N–H and O–H groups in total. The molecule has 29 heavy (non-hydrogen) atoms. The molecule has 1 amide bonds. The van der Waals surface area contributed by atoms with Crippen LogP contribution >= 0.6 is 11.6 Å². The number of amides is 1. The Morgan fingerprint density at radius 2 is 1.90 bits per heavy atom. The zero-order chi connectivity index (χ0) is 21.2. The number of sulfonamides is 1. The van der Waals surface area contributed by atoms with E-state index in [1.807, 2.05) is 19.1 Å². The number of hydrogen-bond donors (Lipinski definition) is 1. The lowest BCUT2D eigenvalue weighted by molar-refractivity contribution is -0.120. The van der Waals surface area contributed by atoms with Crippen LogP contribution in [0.4, 0.5) is 5.69 Å². The van der Waals surface area contributed by atoms with Gasteiger partial charge in [0, 0.05) is 5.02 Å². The van der Waals surface area contributed by atoms with Gasteiger partial charge < -0.3 is 14.8 Å². The van der Waals surface area contributed by atoms with E-state index in [1.54, 1.807) is 31.2 Å². The van der Waals surface area contributed by atoms with Gasteiger partial charge in [-0.2, -0.15) is 0 Å². The van der Waals surface area contributed by atoms with Crippen molar-refractivity contribution in [2.75, 3.05) is 30.3 Å². The minimum absolute atomic E-state index is 0.347. The number of benzene rings is 2. The number of hydrogen-bond acceptors (Lipinski definition) is 5. The summed E-state index contributed by atoms with van der Waals surface area (Å²) < 4.78 is 36.8. The van der Waals surface area contributed by atoms with E-state index in [0.29, 0.717) is 41.0 Å². The first-order chi connectivity index (χ1) is 13.7. The molecule has 3 rings (SSSR count). The molecule has 0 spiro atoms. The van der Waals surface area contributed by atoms with Crippen LogP contribution in [0.25, 0.3) is 0 Å². The number of ether oxygens (including phenoxy) is 2. The van der Waals surface area contributed by atoms with Crippen molar-refractivity contribution in [1.29, 1.82) is 0 Å². The van der Waals surface area contributed by atoms with Gasteiger partial charge in [-0.1, -0.05) is 23.7 Å². The monoisotopic (exact) mass is 438 g/mol. The first-order valence-electron chi connectivity index (χ1n) is 9.08. The van der Waals surface area contributed by atoms with Gasteiger partial charge in [0.2, 0.25) is 15.9 Å². The van der Waals surface area contributed by atoms with E-state index < -0.39 is 15.9 Å². The molecule has 7 nitrogen and oxygen atoms in total. The van der Waals surface area contributed by atoms with Gasteiger partial charge in [0.1, 0.15) is 19.8 Å². The van der Waals surface area contributed by atoms with Gasteiger partial charge in [0.05, 0.1) is 18.0 Å². The van der Waals surface area contributed by atoms with E-state index in [1.165, 1.54) is 0 Å². The van der Waals surface area contributed by atoms with Crippen LogP contribution < -0.4 is 19.1 Å². The Bertz CT molecular complexity index is 1030. The summed E-state index contributed by atoms with van der Waals surface area (Å²) in [6.07, 6.45) is 1.06. The fraction of sp³-hybridized carbons (Fsp3) is 0.350. The van der Waals surface area contributed by atoms with Crippen molar-refractivity contribution in [3.63, 3.8) is 0 Å². The van der Waals surface area contributed by atoms with Crippen LogP contribution in [0.15, 0.2) is 36.4 Å². The van der Waals surface area contributed by atoms with Crippen LogP contribution in [0, 0.1) is 6.92 Å². The summed E-state index contributed by atoms with van der Waals surface area (Å²) in [5, 5.41) is 3.27. The molecule has 156 valence electrons. The molecule has 9 heteroatoms. The van der Waals surface area contributed by atoms with Crippen molar-refractivity contribution in [2.45, 2.75) is 19.9 Å². The molecule has 1 aliphatic rings. The minimum Gasteiger partial charge on any atom is -0.486 e. The average molecular weight is 439 g/mol. The molecule has 0 radical (unpaired) electrons. The Labute approximate surface area is 175 Å². The van der Waals surface area contributed by atoms with E-state index in [0.717, 1.165) is 16.1 Å². The van der Waals surface area contributed by atoms with E-state index in [4.69, 9.17) is 21.1 Å². The topological polar surface area (TPSA) is 84.9 Å². The number of nitrogens with one attached hydrogen (secondary N) is 1. The van der Waals surface area contributed by atoms with Crippen molar-refractivity contribution >= 4 is 33.2 Å². The lowest BCUT2D eigenvalue weighted by Crippen LogP contribution is -2.41. The van der Waals surface area contributed by atoms with Crippen molar-refractivity contribution in [1.82, 2.24) is 5.32 Å². The first-order valence-corrected chi connectivity index (χ1v) is 11.3. The molecular weight excluding hydrogens is 416 g/mol. The summed E-state index contributed by atoms with van der Waals surface area (Å²) >= 11 is 6.12. The Kier molecular flexibility index (Phi) is 6.24. The van der Waals surface area contributed by atoms with E-state index in [9.17, 15) is 13.2 Å². The van der Waals surface area contributed by atoms with Gasteiger partial charge in [-0.25, -0.2) is 8.42 Å². The van der Waals surface area contributed by atoms with Crippen LogP contribution in [0.2, 0.25) is 5.02 Å². The van der Waals surface area contributed by atoms with E-state index in [2.05, 4.69) is 5.32 Å². The Hall–Kier alpha value is -2.45. The highest BCUT2D eigenvalue weighted by Crippen LogP contribution is 2.32. The maximum atomic E-state index is 12.6. The second-order valence-corrected chi connectivity index (χ2v) is 9.16. The molecule has 0 saturated heterocycles. The Balaban J connectivity index is 1.76. The quantitative estimate of drug-likeness (QED) is 0.749. The molecule has 0 bridgehead atoms. The molecule has 0 aromatic heterocycles. The molecule has 2 aromatic rings. The second-order valence-electron chi connectivity index (χ2n) is 6.85. The predicted octanol–water partition coefficient (Wildman–Crippen LogP) is 3.06. The minimum atomic E-state index is -3.69. The van der Waals surface area contributed by atoms with Crippen LogP contribution in [0.5, 0.6) is 11.5 Å². The fourth-order valence-corrected chi connectivity index (χ4v) is 4.15. The van der Waals surface area contributed by atoms with Gasteiger partial charge in [0.15, 0.2) is 11.5 Å². The van der Waals surface area contributed by atoms with Crippen molar-refractivity contribution < 1.29 is 22.7 Å². The molecule has 2 aromatic carbocycles. The number of nitrogens with zero attached hydrogens (tertiary/aromatic N) is 1. The largest absolute Gasteiger partial charge is 0.486 e. The third-order valence-electron chi connectivity index (χ3n) is 4.64. The molecule has 0 saturated carbocycles. The van der Waals surface area contributed by atoms with E-state index in [-0.39, 0.29) is 12.6 Å². The van der Waals surface area contributed by atoms with Crippen molar-refractivity contribution in [3.05, 3.63) is 52.5 Å². The molecule has 1 aliphatic heterocycles. The summed E-state index contributed by atoms with van der Waals surface area (Å²) in [5.41, 5.74) is 1.79. The SMILES string of the molecule is Cc1c(Cl)cccc1N(CC(=O)N[C@@H](C)c1ccc2c(c1)OCCO2)S(C)(=O)=O.